The molecule has 10 heteroatoms. The molecule has 45 heavy (non-hydrogen) atoms. The Kier molecular flexibility index (Phi) is 11.1. The molecule has 244 valence electrons. The summed E-state index contributed by atoms with van der Waals surface area (Å²) in [6.45, 7) is 2.85. The van der Waals surface area contributed by atoms with Crippen molar-refractivity contribution in [1.29, 1.82) is 0 Å². The molecule has 9 nitrogen and oxygen atoms in total. The second kappa shape index (κ2) is 15.6. The van der Waals surface area contributed by atoms with Crippen LogP contribution in [0.4, 0.5) is 4.79 Å². The number of rotatable bonds is 9. The van der Waals surface area contributed by atoms with Gasteiger partial charge in [-0.3, -0.25) is 9.59 Å². The van der Waals surface area contributed by atoms with E-state index in [2.05, 4.69) is 16.0 Å². The molecule has 0 radical (unpaired) electrons. The van der Waals surface area contributed by atoms with E-state index in [0.717, 1.165) is 43.6 Å². The molecule has 1 unspecified atom stereocenters. The topological polar surface area (TPSA) is 103 Å². The average Bonchev–Trinajstić information content (AvgIpc) is 3.61. The van der Waals surface area contributed by atoms with Crippen molar-refractivity contribution < 1.29 is 19.1 Å². The van der Waals surface area contributed by atoms with Crippen molar-refractivity contribution in [2.45, 2.75) is 108 Å². The molecule has 2 aliphatic heterocycles. The van der Waals surface area contributed by atoms with Gasteiger partial charge in [-0.2, -0.15) is 0 Å². The van der Waals surface area contributed by atoms with E-state index in [1.54, 1.807) is 21.1 Å². The molecule has 2 aromatic rings. The fourth-order valence-corrected chi connectivity index (χ4v) is 8.22. The maximum Gasteiger partial charge on any atom is 0.415 e. The van der Waals surface area contributed by atoms with Crippen molar-refractivity contribution in [3.05, 3.63) is 51.7 Å². The van der Waals surface area contributed by atoms with Gasteiger partial charge in [-0.25, -0.2) is 4.79 Å². The first-order valence-corrected chi connectivity index (χ1v) is 18.1. The van der Waals surface area contributed by atoms with Crippen LogP contribution < -0.4 is 20.7 Å². The molecule has 3 heterocycles. The molecule has 2 saturated carbocycles. The average molecular weight is 636 g/mol. The summed E-state index contributed by atoms with van der Waals surface area (Å²) in [6, 6.07) is 8.99. The summed E-state index contributed by atoms with van der Waals surface area (Å²) in [7, 11) is 0. The molecule has 2 aliphatic carbocycles. The fraction of sp³-hybridized carbons (Fsp3) is 0.629. The number of piperazine rings is 1. The van der Waals surface area contributed by atoms with Gasteiger partial charge in [0.2, 0.25) is 11.8 Å². The lowest BCUT2D eigenvalue weighted by Crippen LogP contribution is -2.64. The molecule has 3 amide bonds. The molecule has 3 fully saturated rings. The number of nitrogens with zero attached hydrogens (tertiary/aromatic N) is 2. The third kappa shape index (κ3) is 8.45. The van der Waals surface area contributed by atoms with Gasteiger partial charge >= 0.3 is 6.09 Å². The molecule has 0 bridgehead atoms. The lowest BCUT2D eigenvalue weighted by Gasteiger charge is -2.42. The van der Waals surface area contributed by atoms with Crippen LogP contribution in [-0.4, -0.2) is 72.0 Å². The van der Waals surface area contributed by atoms with Crippen molar-refractivity contribution in [2.24, 2.45) is 5.92 Å². The number of carbonyl (C=O) groups excluding carboxylic acids is 3. The number of nitrogens with one attached hydrogen (secondary N) is 3. The normalized spacial score (nSPS) is 22.0. The van der Waals surface area contributed by atoms with Crippen LogP contribution in [0, 0.1) is 5.92 Å². The number of hydrogen-bond acceptors (Lipinski definition) is 7. The molecule has 1 aromatic carbocycles. The van der Waals surface area contributed by atoms with Crippen molar-refractivity contribution in [2.75, 3.05) is 26.2 Å². The first kappa shape index (κ1) is 32.0. The number of amides is 3. The van der Waals surface area contributed by atoms with Gasteiger partial charge in [-0.05, 0) is 72.9 Å². The zero-order chi connectivity index (χ0) is 31.0. The second-order valence-corrected chi connectivity index (χ2v) is 14.3. The number of benzene rings is 1. The highest BCUT2D eigenvalue weighted by atomic mass is 32.1. The number of ether oxygens (including phenoxy) is 1. The van der Waals surface area contributed by atoms with Gasteiger partial charge in [-0.1, -0.05) is 63.5 Å². The Hall–Kier alpha value is -2.95. The first-order chi connectivity index (χ1) is 22.0. The quantitative estimate of drug-likeness (QED) is 0.359. The van der Waals surface area contributed by atoms with Crippen LogP contribution in [-0.2, 0) is 29.1 Å². The minimum Gasteiger partial charge on any atom is -0.410 e. The first-order valence-electron chi connectivity index (χ1n) is 17.2. The maximum absolute atomic E-state index is 14.4. The summed E-state index contributed by atoms with van der Waals surface area (Å²) in [5.74, 6) is 0.809. The summed E-state index contributed by atoms with van der Waals surface area (Å²) >= 11 is 1.58. The SMILES string of the molecule is O=C(NCc1cccs1)[C@@H]1CN(C(=O)Oc2ccc3c(c2)CCNC3)CCN1C(=O)C(CC1CCCCC1)NC1CCCCC1. The number of thiophene rings is 1. The van der Waals surface area contributed by atoms with Gasteiger partial charge in [0.15, 0.2) is 0 Å². The highest BCUT2D eigenvalue weighted by Crippen LogP contribution is 2.30. The number of fused-ring (bicyclic) bond motifs is 1. The van der Waals surface area contributed by atoms with Crippen LogP contribution in [0.1, 0.15) is 86.6 Å². The van der Waals surface area contributed by atoms with Gasteiger partial charge in [-0.15, -0.1) is 11.3 Å². The summed E-state index contributed by atoms with van der Waals surface area (Å²) in [6.07, 6.45) is 13.1. The lowest BCUT2D eigenvalue weighted by atomic mass is 9.83. The molecule has 1 saturated heterocycles. The minimum absolute atomic E-state index is 0.00117. The molecule has 3 N–H and O–H groups in total. The molecule has 4 aliphatic rings. The molecular formula is C35H49N5O4S. The van der Waals surface area contributed by atoms with E-state index in [-0.39, 0.29) is 24.4 Å². The van der Waals surface area contributed by atoms with Gasteiger partial charge in [0.25, 0.3) is 0 Å². The Morgan fingerprint density at radius 2 is 1.78 bits per heavy atom. The van der Waals surface area contributed by atoms with E-state index >= 15 is 0 Å². The van der Waals surface area contributed by atoms with E-state index in [9.17, 15) is 14.4 Å². The third-order valence-electron chi connectivity index (χ3n) is 10.1. The highest BCUT2D eigenvalue weighted by Gasteiger charge is 2.41. The van der Waals surface area contributed by atoms with Crippen molar-refractivity contribution in [3.63, 3.8) is 0 Å². The monoisotopic (exact) mass is 635 g/mol. The standard InChI is InChI=1S/C35H49N5O4S/c41-33(37-23-30-12-7-19-45-30)32-24-39(35(43)44-29-14-13-27-22-36-16-15-26(27)21-29)17-18-40(32)34(42)31(20-25-8-3-1-4-9-25)38-28-10-5-2-6-11-28/h7,12-14,19,21,25,28,31-32,36,38H,1-6,8-11,15-18,20,22-24H2,(H,37,41)/t31?,32-/m0/s1. The Morgan fingerprint density at radius 1 is 0.978 bits per heavy atom. The summed E-state index contributed by atoms with van der Waals surface area (Å²) in [5, 5.41) is 12.2. The van der Waals surface area contributed by atoms with Crippen LogP contribution in [0.3, 0.4) is 0 Å². The van der Waals surface area contributed by atoms with Gasteiger partial charge in [0.05, 0.1) is 19.1 Å². The van der Waals surface area contributed by atoms with Gasteiger partial charge in [0.1, 0.15) is 11.8 Å². The number of hydrogen-bond donors (Lipinski definition) is 3. The summed E-state index contributed by atoms with van der Waals surface area (Å²) in [4.78, 5) is 46.1. The zero-order valence-corrected chi connectivity index (χ0v) is 27.3. The summed E-state index contributed by atoms with van der Waals surface area (Å²) < 4.78 is 5.83. The fourth-order valence-electron chi connectivity index (χ4n) is 7.57. The van der Waals surface area contributed by atoms with Crippen LogP contribution in [0.2, 0.25) is 0 Å². The zero-order valence-electron chi connectivity index (χ0n) is 26.4. The van der Waals surface area contributed by atoms with Crippen LogP contribution in [0.15, 0.2) is 35.7 Å². The van der Waals surface area contributed by atoms with Crippen molar-refractivity contribution in [3.8, 4) is 5.75 Å². The molecule has 2 atom stereocenters. The summed E-state index contributed by atoms with van der Waals surface area (Å²) in [5.41, 5.74) is 2.41. The smallest absolute Gasteiger partial charge is 0.410 e. The molecular weight excluding hydrogens is 586 g/mol. The van der Waals surface area contributed by atoms with E-state index < -0.39 is 12.1 Å². The van der Waals surface area contributed by atoms with Gasteiger partial charge < -0.3 is 30.5 Å². The van der Waals surface area contributed by atoms with E-state index in [0.29, 0.717) is 37.3 Å². The van der Waals surface area contributed by atoms with E-state index in [1.165, 1.54) is 62.5 Å². The van der Waals surface area contributed by atoms with E-state index in [4.69, 9.17) is 4.74 Å². The van der Waals surface area contributed by atoms with Crippen molar-refractivity contribution >= 4 is 29.2 Å². The van der Waals surface area contributed by atoms with Crippen LogP contribution in [0.5, 0.6) is 5.75 Å². The van der Waals surface area contributed by atoms with Crippen LogP contribution >= 0.6 is 11.3 Å². The van der Waals surface area contributed by atoms with E-state index in [1.807, 2.05) is 35.7 Å². The Balaban J connectivity index is 1.17. The molecule has 0 spiro atoms. The molecule has 1 aromatic heterocycles. The predicted octanol–water partition coefficient (Wildman–Crippen LogP) is 4.98. The Bertz CT molecular complexity index is 1270. The molecule has 6 rings (SSSR count). The van der Waals surface area contributed by atoms with Gasteiger partial charge in [0, 0.05) is 30.6 Å². The Morgan fingerprint density at radius 3 is 2.56 bits per heavy atom. The predicted molar refractivity (Wildman–Crippen MR) is 176 cm³/mol. The van der Waals surface area contributed by atoms with Crippen LogP contribution in [0.25, 0.3) is 0 Å². The highest BCUT2D eigenvalue weighted by molar-refractivity contribution is 7.09. The third-order valence-corrected chi connectivity index (χ3v) is 11.0. The Labute approximate surface area is 271 Å². The minimum atomic E-state index is -0.782. The lowest BCUT2D eigenvalue weighted by molar-refractivity contribution is -0.145. The maximum atomic E-state index is 14.4. The number of carbonyl (C=O) groups is 3. The largest absolute Gasteiger partial charge is 0.415 e. The second-order valence-electron chi connectivity index (χ2n) is 13.3. The van der Waals surface area contributed by atoms with Crippen molar-refractivity contribution in [1.82, 2.24) is 25.8 Å².